The first-order valence-corrected chi connectivity index (χ1v) is 6.47. The first-order valence-electron chi connectivity index (χ1n) is 5.83. The Hall–Kier alpha value is -1.69. The molecule has 0 aliphatic heterocycles. The lowest BCUT2D eigenvalue weighted by Crippen LogP contribution is -2.13. The largest absolute Gasteiger partial charge is 0.416 e. The Morgan fingerprint density at radius 1 is 1.20 bits per heavy atom. The molecule has 6 heteroatoms. The van der Waals surface area contributed by atoms with Crippen LogP contribution in [-0.2, 0) is 11.9 Å². The molecule has 0 atom stereocenters. The molecule has 0 aliphatic rings. The third kappa shape index (κ3) is 2.90. The van der Waals surface area contributed by atoms with E-state index < -0.39 is 11.7 Å². The van der Waals surface area contributed by atoms with Gasteiger partial charge in [0.05, 0.1) is 5.56 Å². The van der Waals surface area contributed by atoms with Gasteiger partial charge in [0.1, 0.15) is 0 Å². The van der Waals surface area contributed by atoms with Gasteiger partial charge < -0.3 is 4.57 Å². The van der Waals surface area contributed by atoms with Crippen molar-refractivity contribution in [3.05, 3.63) is 63.6 Å². The molecule has 0 saturated heterocycles. The number of aryl methyl sites for hydroxylation is 1. The molecular weight excluding hydrogens is 287 g/mol. The van der Waals surface area contributed by atoms with Crippen molar-refractivity contribution < 1.29 is 13.2 Å². The van der Waals surface area contributed by atoms with E-state index in [1.165, 1.54) is 18.2 Å². The Balaban J connectivity index is 2.49. The van der Waals surface area contributed by atoms with Crippen LogP contribution < -0.4 is 5.43 Å². The number of benzene rings is 1. The SMILES string of the molecule is Cc1cc(=O)c(CS)cn1-c1ccc(C(F)(F)F)cc1. The number of thiol groups is 1. The minimum Gasteiger partial charge on any atom is -0.321 e. The van der Waals surface area contributed by atoms with Crippen molar-refractivity contribution in [2.45, 2.75) is 18.9 Å². The van der Waals surface area contributed by atoms with Crippen molar-refractivity contribution in [2.24, 2.45) is 0 Å². The van der Waals surface area contributed by atoms with Crippen LogP contribution >= 0.6 is 12.6 Å². The highest BCUT2D eigenvalue weighted by molar-refractivity contribution is 7.79. The van der Waals surface area contributed by atoms with Gasteiger partial charge >= 0.3 is 6.18 Å². The van der Waals surface area contributed by atoms with Crippen LogP contribution in [0.25, 0.3) is 5.69 Å². The lowest BCUT2D eigenvalue weighted by atomic mass is 10.2. The molecule has 2 rings (SSSR count). The van der Waals surface area contributed by atoms with Crippen LogP contribution in [0.5, 0.6) is 0 Å². The average molecular weight is 299 g/mol. The molecule has 1 aromatic heterocycles. The first kappa shape index (κ1) is 14.7. The molecule has 0 N–H and O–H groups in total. The van der Waals surface area contributed by atoms with Gasteiger partial charge in [0.15, 0.2) is 5.43 Å². The molecule has 2 aromatic rings. The molecule has 1 heterocycles. The zero-order valence-electron chi connectivity index (χ0n) is 10.6. The molecule has 106 valence electrons. The standard InChI is InChI=1S/C14H12F3NOS/c1-9-6-13(19)10(8-20)7-18(9)12-4-2-11(3-5-12)14(15,16)17/h2-7,20H,8H2,1H3. The van der Waals surface area contributed by atoms with E-state index in [4.69, 9.17) is 0 Å². The summed E-state index contributed by atoms with van der Waals surface area (Å²) in [5.41, 5.74) is 0.896. The maximum atomic E-state index is 12.5. The minimum atomic E-state index is -4.35. The summed E-state index contributed by atoms with van der Waals surface area (Å²) in [7, 11) is 0. The summed E-state index contributed by atoms with van der Waals surface area (Å²) in [6.07, 6.45) is -2.75. The van der Waals surface area contributed by atoms with Gasteiger partial charge in [-0.15, -0.1) is 0 Å². The third-order valence-corrected chi connectivity index (χ3v) is 3.31. The molecule has 0 bridgehead atoms. The van der Waals surface area contributed by atoms with E-state index in [2.05, 4.69) is 12.6 Å². The molecule has 0 spiro atoms. The number of pyridine rings is 1. The summed E-state index contributed by atoms with van der Waals surface area (Å²) in [6.45, 7) is 1.72. The summed E-state index contributed by atoms with van der Waals surface area (Å²) >= 11 is 4.07. The van der Waals surface area contributed by atoms with E-state index in [0.717, 1.165) is 12.1 Å². The highest BCUT2D eigenvalue weighted by Gasteiger charge is 2.30. The topological polar surface area (TPSA) is 22.0 Å². The predicted molar refractivity (Wildman–Crippen MR) is 74.5 cm³/mol. The lowest BCUT2D eigenvalue weighted by molar-refractivity contribution is -0.137. The molecule has 20 heavy (non-hydrogen) atoms. The Labute approximate surface area is 119 Å². The van der Waals surface area contributed by atoms with Crippen molar-refractivity contribution in [3.63, 3.8) is 0 Å². The van der Waals surface area contributed by atoms with E-state index in [9.17, 15) is 18.0 Å². The van der Waals surface area contributed by atoms with Gasteiger partial charge in [-0.25, -0.2) is 0 Å². The second-order valence-electron chi connectivity index (χ2n) is 4.38. The normalized spacial score (nSPS) is 11.7. The van der Waals surface area contributed by atoms with Crippen molar-refractivity contribution in [3.8, 4) is 5.69 Å². The van der Waals surface area contributed by atoms with Gasteiger partial charge in [-0.2, -0.15) is 25.8 Å². The molecule has 0 saturated carbocycles. The van der Waals surface area contributed by atoms with E-state index in [1.54, 1.807) is 17.7 Å². The Bertz CT molecular complexity index is 674. The van der Waals surface area contributed by atoms with Crippen LogP contribution in [-0.4, -0.2) is 4.57 Å². The molecule has 1 aromatic carbocycles. The van der Waals surface area contributed by atoms with Crippen LogP contribution in [0.15, 0.2) is 41.3 Å². The molecule has 2 nitrogen and oxygen atoms in total. The predicted octanol–water partition coefficient (Wildman–Crippen LogP) is 3.59. The van der Waals surface area contributed by atoms with Crippen molar-refractivity contribution >= 4 is 12.6 Å². The summed E-state index contributed by atoms with van der Waals surface area (Å²) in [4.78, 5) is 11.6. The van der Waals surface area contributed by atoms with Gasteiger partial charge in [-0.05, 0) is 31.2 Å². The van der Waals surface area contributed by atoms with Gasteiger partial charge in [-0.1, -0.05) is 0 Å². The van der Waals surface area contributed by atoms with Crippen LogP contribution in [0.2, 0.25) is 0 Å². The second-order valence-corrected chi connectivity index (χ2v) is 4.69. The number of nitrogens with zero attached hydrogens (tertiary/aromatic N) is 1. The van der Waals surface area contributed by atoms with Gasteiger partial charge in [0.25, 0.3) is 0 Å². The number of hydrogen-bond donors (Lipinski definition) is 1. The zero-order valence-corrected chi connectivity index (χ0v) is 11.5. The first-order chi connectivity index (χ1) is 9.32. The number of hydrogen-bond acceptors (Lipinski definition) is 2. The van der Waals surface area contributed by atoms with E-state index in [1.807, 2.05) is 0 Å². The van der Waals surface area contributed by atoms with E-state index in [-0.39, 0.29) is 11.2 Å². The van der Waals surface area contributed by atoms with Crippen LogP contribution in [0.4, 0.5) is 13.2 Å². The molecule has 0 amide bonds. The number of rotatable bonds is 2. The summed E-state index contributed by atoms with van der Waals surface area (Å²) in [6, 6.07) is 6.24. The van der Waals surface area contributed by atoms with Gasteiger partial charge in [0, 0.05) is 35.0 Å². The van der Waals surface area contributed by atoms with Gasteiger partial charge in [0.2, 0.25) is 0 Å². The van der Waals surface area contributed by atoms with Crippen molar-refractivity contribution in [1.29, 1.82) is 0 Å². The summed E-state index contributed by atoms with van der Waals surface area (Å²) in [5, 5.41) is 0. The molecule has 0 fully saturated rings. The molecule has 0 aliphatic carbocycles. The Kier molecular flexibility index (Phi) is 3.94. The van der Waals surface area contributed by atoms with Crippen LogP contribution in [0.3, 0.4) is 0 Å². The van der Waals surface area contributed by atoms with E-state index >= 15 is 0 Å². The van der Waals surface area contributed by atoms with Gasteiger partial charge in [-0.3, -0.25) is 4.79 Å². The van der Waals surface area contributed by atoms with E-state index in [0.29, 0.717) is 16.9 Å². The Morgan fingerprint density at radius 3 is 2.30 bits per heavy atom. The maximum Gasteiger partial charge on any atom is 0.416 e. The Morgan fingerprint density at radius 2 is 1.80 bits per heavy atom. The number of aromatic nitrogens is 1. The fourth-order valence-electron chi connectivity index (χ4n) is 1.88. The lowest BCUT2D eigenvalue weighted by Gasteiger charge is -2.13. The second kappa shape index (κ2) is 5.36. The van der Waals surface area contributed by atoms with Crippen molar-refractivity contribution in [2.75, 3.05) is 0 Å². The number of halogens is 3. The minimum absolute atomic E-state index is 0.124. The fourth-order valence-corrected chi connectivity index (χ4v) is 2.12. The summed E-state index contributed by atoms with van der Waals surface area (Å²) < 4.78 is 39.2. The highest BCUT2D eigenvalue weighted by Crippen LogP contribution is 2.29. The molecular formula is C14H12F3NOS. The third-order valence-electron chi connectivity index (χ3n) is 2.96. The molecule has 0 radical (unpaired) electrons. The zero-order chi connectivity index (χ0) is 14.9. The van der Waals surface area contributed by atoms with Crippen LogP contribution in [0, 0.1) is 6.92 Å². The van der Waals surface area contributed by atoms with Crippen LogP contribution in [0.1, 0.15) is 16.8 Å². The number of alkyl halides is 3. The van der Waals surface area contributed by atoms with Crippen molar-refractivity contribution in [1.82, 2.24) is 4.57 Å². The summed E-state index contributed by atoms with van der Waals surface area (Å²) in [5.74, 6) is 0.278. The smallest absolute Gasteiger partial charge is 0.321 e. The average Bonchev–Trinajstić information content (AvgIpc) is 2.38. The quantitative estimate of drug-likeness (QED) is 0.841. The monoisotopic (exact) mass is 299 g/mol. The molecule has 0 unspecified atom stereocenters. The highest BCUT2D eigenvalue weighted by atomic mass is 32.1. The maximum absolute atomic E-state index is 12.5. The fraction of sp³-hybridized carbons (Fsp3) is 0.214.